The molecule has 3 rings (SSSR count). The molecule has 3 heterocycles. The van der Waals surface area contributed by atoms with Crippen LogP contribution in [0.1, 0.15) is 18.5 Å². The van der Waals surface area contributed by atoms with Crippen molar-refractivity contribution in [2.24, 2.45) is 0 Å². The predicted molar refractivity (Wildman–Crippen MR) is 70.1 cm³/mol. The second-order valence-corrected chi connectivity index (χ2v) is 5.30. The lowest BCUT2D eigenvalue weighted by Gasteiger charge is -2.31. The number of rotatable bonds is 1. The maximum absolute atomic E-state index is 12.7. The summed E-state index contributed by atoms with van der Waals surface area (Å²) in [6.45, 7) is 1.12. The third kappa shape index (κ3) is 2.31. The lowest BCUT2D eigenvalue weighted by molar-refractivity contribution is -0.141. The first-order valence-electron chi connectivity index (χ1n) is 6.74. The average Bonchev–Trinajstić information content (AvgIpc) is 2.70. The minimum Gasteiger partial charge on any atom is -0.323 e. The highest BCUT2D eigenvalue weighted by molar-refractivity contribution is 6.23. The molecule has 2 aliphatic rings. The number of aromatic nitrogens is 1. The summed E-state index contributed by atoms with van der Waals surface area (Å²) in [6, 6.07) is 1.22. The van der Waals surface area contributed by atoms with Gasteiger partial charge in [0.2, 0.25) is 0 Å². The number of piperidine rings is 1. The SMILES string of the molecule is O=C1NC2(CCNCC2)C(=O)N1c1ccnc(C(F)(F)F)c1. The Labute approximate surface area is 123 Å². The molecule has 2 aliphatic heterocycles. The predicted octanol–water partition coefficient (Wildman–Crippen LogP) is 1.28. The van der Waals surface area contributed by atoms with Gasteiger partial charge < -0.3 is 10.6 Å². The van der Waals surface area contributed by atoms with E-state index < -0.39 is 29.3 Å². The van der Waals surface area contributed by atoms with Gasteiger partial charge in [0.05, 0.1) is 5.69 Å². The number of carbonyl (C=O) groups excluding carboxylic acids is 2. The molecule has 0 aliphatic carbocycles. The highest BCUT2D eigenvalue weighted by atomic mass is 19.4. The lowest BCUT2D eigenvalue weighted by Crippen LogP contribution is -2.53. The van der Waals surface area contributed by atoms with Crippen LogP contribution in [0, 0.1) is 0 Å². The average molecular weight is 314 g/mol. The Balaban J connectivity index is 1.95. The molecule has 2 fully saturated rings. The summed E-state index contributed by atoms with van der Waals surface area (Å²) >= 11 is 0. The van der Waals surface area contributed by atoms with Crippen LogP contribution < -0.4 is 15.5 Å². The Bertz CT molecular complexity index is 626. The van der Waals surface area contributed by atoms with Gasteiger partial charge in [-0.05, 0) is 38.1 Å². The largest absolute Gasteiger partial charge is 0.433 e. The van der Waals surface area contributed by atoms with Crippen molar-refractivity contribution in [2.75, 3.05) is 18.0 Å². The van der Waals surface area contributed by atoms with Gasteiger partial charge in [-0.1, -0.05) is 0 Å². The van der Waals surface area contributed by atoms with Crippen LogP contribution in [0.5, 0.6) is 0 Å². The first-order chi connectivity index (χ1) is 10.3. The molecule has 2 saturated heterocycles. The monoisotopic (exact) mass is 314 g/mol. The number of imide groups is 1. The second-order valence-electron chi connectivity index (χ2n) is 5.30. The molecule has 1 aromatic rings. The topological polar surface area (TPSA) is 74.3 Å². The highest BCUT2D eigenvalue weighted by Gasteiger charge is 2.52. The quantitative estimate of drug-likeness (QED) is 0.766. The number of anilines is 1. The summed E-state index contributed by atoms with van der Waals surface area (Å²) in [5, 5.41) is 5.70. The van der Waals surface area contributed by atoms with E-state index >= 15 is 0 Å². The van der Waals surface area contributed by atoms with E-state index in [4.69, 9.17) is 0 Å². The second kappa shape index (κ2) is 4.94. The van der Waals surface area contributed by atoms with Gasteiger partial charge in [-0.3, -0.25) is 9.78 Å². The van der Waals surface area contributed by atoms with E-state index in [2.05, 4.69) is 15.6 Å². The molecule has 0 unspecified atom stereocenters. The fourth-order valence-corrected chi connectivity index (χ4v) is 2.76. The smallest absolute Gasteiger partial charge is 0.323 e. The van der Waals surface area contributed by atoms with Crippen LogP contribution in [0.15, 0.2) is 18.3 Å². The number of urea groups is 1. The van der Waals surface area contributed by atoms with Crippen molar-refractivity contribution in [3.8, 4) is 0 Å². The number of pyridine rings is 1. The normalized spacial score (nSPS) is 21.3. The number of carbonyl (C=O) groups is 2. The molecule has 6 nitrogen and oxygen atoms in total. The Morgan fingerprint density at radius 3 is 2.55 bits per heavy atom. The molecule has 1 spiro atoms. The van der Waals surface area contributed by atoms with Gasteiger partial charge in [-0.15, -0.1) is 0 Å². The summed E-state index contributed by atoms with van der Waals surface area (Å²) in [5.41, 5.74) is -2.29. The van der Waals surface area contributed by atoms with Gasteiger partial charge in [-0.2, -0.15) is 13.2 Å². The Kier molecular flexibility index (Phi) is 3.32. The highest BCUT2D eigenvalue weighted by Crippen LogP contribution is 2.33. The van der Waals surface area contributed by atoms with Crippen molar-refractivity contribution in [1.29, 1.82) is 0 Å². The van der Waals surface area contributed by atoms with Crippen molar-refractivity contribution >= 4 is 17.6 Å². The summed E-state index contributed by atoms with van der Waals surface area (Å²) < 4.78 is 38.2. The van der Waals surface area contributed by atoms with E-state index in [1.54, 1.807) is 0 Å². The van der Waals surface area contributed by atoms with Crippen molar-refractivity contribution in [1.82, 2.24) is 15.6 Å². The van der Waals surface area contributed by atoms with Gasteiger partial charge >= 0.3 is 12.2 Å². The first-order valence-corrected chi connectivity index (χ1v) is 6.74. The Hall–Kier alpha value is -2.16. The number of alkyl halides is 3. The molecule has 0 radical (unpaired) electrons. The fourth-order valence-electron chi connectivity index (χ4n) is 2.76. The number of hydrogen-bond acceptors (Lipinski definition) is 4. The number of nitrogens with one attached hydrogen (secondary N) is 2. The zero-order valence-electron chi connectivity index (χ0n) is 11.4. The summed E-state index contributed by atoms with van der Waals surface area (Å²) in [6.07, 6.45) is -2.88. The molecule has 9 heteroatoms. The molecule has 0 aromatic carbocycles. The van der Waals surface area contributed by atoms with Crippen LogP contribution in [0.4, 0.5) is 23.7 Å². The summed E-state index contributed by atoms with van der Waals surface area (Å²) in [7, 11) is 0. The van der Waals surface area contributed by atoms with Crippen molar-refractivity contribution < 1.29 is 22.8 Å². The first kappa shape index (κ1) is 14.8. The van der Waals surface area contributed by atoms with E-state index in [1.807, 2.05) is 0 Å². The maximum Gasteiger partial charge on any atom is 0.433 e. The molecular weight excluding hydrogens is 301 g/mol. The molecule has 3 amide bonds. The number of nitrogens with zero attached hydrogens (tertiary/aromatic N) is 2. The van der Waals surface area contributed by atoms with Gasteiger partial charge in [0, 0.05) is 6.20 Å². The van der Waals surface area contributed by atoms with Crippen LogP contribution in [0.3, 0.4) is 0 Å². The number of halogens is 3. The van der Waals surface area contributed by atoms with Crippen LogP contribution in [-0.4, -0.2) is 35.6 Å². The Morgan fingerprint density at radius 2 is 1.91 bits per heavy atom. The van der Waals surface area contributed by atoms with E-state index in [9.17, 15) is 22.8 Å². The van der Waals surface area contributed by atoms with E-state index in [0.29, 0.717) is 32.0 Å². The molecule has 118 valence electrons. The molecule has 22 heavy (non-hydrogen) atoms. The molecule has 0 atom stereocenters. The van der Waals surface area contributed by atoms with Crippen LogP contribution in [0.2, 0.25) is 0 Å². The third-order valence-corrected chi connectivity index (χ3v) is 3.91. The third-order valence-electron chi connectivity index (χ3n) is 3.91. The molecule has 1 aromatic heterocycles. The van der Waals surface area contributed by atoms with Gasteiger partial charge in [0.1, 0.15) is 11.2 Å². The summed E-state index contributed by atoms with van der Waals surface area (Å²) in [5.74, 6) is -0.515. The van der Waals surface area contributed by atoms with Crippen molar-refractivity contribution in [2.45, 2.75) is 24.6 Å². The lowest BCUT2D eigenvalue weighted by atomic mass is 9.88. The van der Waals surface area contributed by atoms with E-state index in [-0.39, 0.29) is 5.69 Å². The molecular formula is C13H13F3N4O2. The molecule has 0 bridgehead atoms. The number of amides is 3. The van der Waals surface area contributed by atoms with E-state index in [1.165, 1.54) is 6.07 Å². The van der Waals surface area contributed by atoms with Gasteiger partial charge in [0.25, 0.3) is 5.91 Å². The minimum atomic E-state index is -4.64. The molecule has 2 N–H and O–H groups in total. The standard InChI is InChI=1S/C13H13F3N4O2/c14-13(15,16)9-7-8(1-4-18-9)20-10(21)12(19-11(20)22)2-5-17-6-3-12/h1,4,7,17H,2-3,5-6H2,(H,19,22). The van der Waals surface area contributed by atoms with E-state index in [0.717, 1.165) is 11.1 Å². The van der Waals surface area contributed by atoms with Crippen molar-refractivity contribution in [3.63, 3.8) is 0 Å². The zero-order valence-corrected chi connectivity index (χ0v) is 11.4. The van der Waals surface area contributed by atoms with Crippen LogP contribution in [0.25, 0.3) is 0 Å². The summed E-state index contributed by atoms with van der Waals surface area (Å²) in [4.78, 5) is 28.7. The fraction of sp³-hybridized carbons (Fsp3) is 0.462. The number of hydrogen-bond donors (Lipinski definition) is 2. The Morgan fingerprint density at radius 1 is 1.23 bits per heavy atom. The van der Waals surface area contributed by atoms with Crippen LogP contribution in [-0.2, 0) is 11.0 Å². The van der Waals surface area contributed by atoms with Crippen molar-refractivity contribution in [3.05, 3.63) is 24.0 Å². The van der Waals surface area contributed by atoms with Gasteiger partial charge in [0.15, 0.2) is 0 Å². The van der Waals surface area contributed by atoms with Crippen LogP contribution >= 0.6 is 0 Å². The molecule has 0 saturated carbocycles. The van der Waals surface area contributed by atoms with Gasteiger partial charge in [-0.25, -0.2) is 9.69 Å². The zero-order chi connectivity index (χ0) is 16.0. The maximum atomic E-state index is 12.7. The minimum absolute atomic E-state index is 0.125.